The SMILES string of the molecule is O=C1C(=O)N(CCOCCO)C(c2cccs2)C1=C(O)c1ccc([N+](=O)[O-])cc1. The van der Waals surface area contributed by atoms with E-state index in [4.69, 9.17) is 9.84 Å². The van der Waals surface area contributed by atoms with Crippen LogP contribution in [0, 0.1) is 10.1 Å². The maximum atomic E-state index is 12.7. The molecular weight excluding hydrogens is 400 g/mol. The third-order valence-corrected chi connectivity index (χ3v) is 5.34. The fourth-order valence-corrected chi connectivity index (χ4v) is 3.92. The molecule has 0 radical (unpaired) electrons. The van der Waals surface area contributed by atoms with Gasteiger partial charge in [0.1, 0.15) is 5.76 Å². The fraction of sp³-hybridized carbons (Fsp3) is 0.263. The van der Waals surface area contributed by atoms with Crippen LogP contribution in [-0.4, -0.2) is 58.1 Å². The zero-order chi connectivity index (χ0) is 21.0. The number of ketones is 1. The summed E-state index contributed by atoms with van der Waals surface area (Å²) in [6, 6.07) is 7.83. The van der Waals surface area contributed by atoms with Gasteiger partial charge in [-0.3, -0.25) is 19.7 Å². The molecule has 2 N–H and O–H groups in total. The van der Waals surface area contributed by atoms with E-state index < -0.39 is 28.4 Å². The van der Waals surface area contributed by atoms with Gasteiger partial charge in [-0.1, -0.05) is 6.07 Å². The quantitative estimate of drug-likeness (QED) is 0.168. The monoisotopic (exact) mass is 418 g/mol. The Hall–Kier alpha value is -3.08. The van der Waals surface area contributed by atoms with Gasteiger partial charge < -0.3 is 19.8 Å². The molecule has 2 heterocycles. The number of likely N-dealkylation sites (tertiary alicyclic amines) is 1. The molecule has 0 aliphatic carbocycles. The summed E-state index contributed by atoms with van der Waals surface area (Å²) in [5.74, 6) is -1.99. The largest absolute Gasteiger partial charge is 0.507 e. The summed E-state index contributed by atoms with van der Waals surface area (Å²) in [5, 5.41) is 32.2. The number of hydrogen-bond acceptors (Lipinski definition) is 8. The molecule has 2 aromatic rings. The van der Waals surface area contributed by atoms with Crippen LogP contribution >= 0.6 is 11.3 Å². The number of aliphatic hydroxyl groups excluding tert-OH is 2. The third-order valence-electron chi connectivity index (χ3n) is 4.42. The van der Waals surface area contributed by atoms with Crippen molar-refractivity contribution < 1.29 is 29.5 Å². The Balaban J connectivity index is 2.00. The number of non-ortho nitro benzene ring substituents is 1. The highest BCUT2D eigenvalue weighted by molar-refractivity contribution is 7.10. The lowest BCUT2D eigenvalue weighted by Crippen LogP contribution is -2.32. The summed E-state index contributed by atoms with van der Waals surface area (Å²) in [4.78, 5) is 37.6. The van der Waals surface area contributed by atoms with E-state index >= 15 is 0 Å². The van der Waals surface area contributed by atoms with Crippen LogP contribution in [0.2, 0.25) is 0 Å². The van der Waals surface area contributed by atoms with Crippen molar-refractivity contribution in [2.75, 3.05) is 26.4 Å². The lowest BCUT2D eigenvalue weighted by Gasteiger charge is -2.23. The van der Waals surface area contributed by atoms with E-state index in [1.807, 2.05) is 0 Å². The van der Waals surface area contributed by atoms with Crippen molar-refractivity contribution in [3.05, 3.63) is 67.9 Å². The van der Waals surface area contributed by atoms with Crippen LogP contribution in [0.5, 0.6) is 0 Å². The lowest BCUT2D eigenvalue weighted by atomic mass is 10.00. The molecule has 1 fully saturated rings. The Labute approximate surface area is 169 Å². The normalized spacial score (nSPS) is 18.4. The average Bonchev–Trinajstić information content (AvgIpc) is 3.33. The number of nitro benzene ring substituents is 1. The van der Waals surface area contributed by atoms with E-state index in [0.717, 1.165) is 0 Å². The van der Waals surface area contributed by atoms with Gasteiger partial charge in [0, 0.05) is 29.1 Å². The van der Waals surface area contributed by atoms with Crippen LogP contribution in [0.25, 0.3) is 5.76 Å². The van der Waals surface area contributed by atoms with Gasteiger partial charge in [0.2, 0.25) is 0 Å². The Bertz CT molecular complexity index is 938. The first-order valence-corrected chi connectivity index (χ1v) is 9.59. The number of benzene rings is 1. The van der Waals surface area contributed by atoms with Crippen LogP contribution in [0.1, 0.15) is 16.5 Å². The van der Waals surface area contributed by atoms with Crippen molar-refractivity contribution in [1.29, 1.82) is 0 Å². The van der Waals surface area contributed by atoms with Crippen molar-refractivity contribution in [2.24, 2.45) is 0 Å². The first kappa shape index (κ1) is 20.6. The number of nitro groups is 1. The van der Waals surface area contributed by atoms with Crippen molar-refractivity contribution in [1.82, 2.24) is 4.90 Å². The number of aliphatic hydroxyl groups is 2. The maximum Gasteiger partial charge on any atom is 0.295 e. The highest BCUT2D eigenvalue weighted by atomic mass is 32.1. The molecule has 1 aromatic heterocycles. The molecule has 152 valence electrons. The predicted molar refractivity (Wildman–Crippen MR) is 104 cm³/mol. The molecule has 1 saturated heterocycles. The van der Waals surface area contributed by atoms with E-state index in [-0.39, 0.29) is 43.2 Å². The van der Waals surface area contributed by atoms with Gasteiger partial charge in [0.25, 0.3) is 17.4 Å². The first-order valence-electron chi connectivity index (χ1n) is 8.71. The Kier molecular flexibility index (Phi) is 6.37. The van der Waals surface area contributed by atoms with E-state index in [9.17, 15) is 24.8 Å². The molecular formula is C19H18N2O7S. The second-order valence-corrected chi connectivity index (χ2v) is 7.13. The molecule has 29 heavy (non-hydrogen) atoms. The van der Waals surface area contributed by atoms with Crippen molar-refractivity contribution in [3.8, 4) is 0 Å². The molecule has 0 saturated carbocycles. The molecule has 9 nitrogen and oxygen atoms in total. The van der Waals surface area contributed by atoms with Crippen LogP contribution in [0.15, 0.2) is 47.4 Å². The third kappa shape index (κ3) is 4.19. The minimum atomic E-state index is -0.832. The summed E-state index contributed by atoms with van der Waals surface area (Å²) in [7, 11) is 0. The number of carbonyl (C=O) groups is 2. The second-order valence-electron chi connectivity index (χ2n) is 6.15. The smallest absolute Gasteiger partial charge is 0.295 e. The van der Waals surface area contributed by atoms with Crippen molar-refractivity contribution >= 4 is 34.5 Å². The number of nitrogens with zero attached hydrogens (tertiary/aromatic N) is 2. The first-order chi connectivity index (χ1) is 14.0. The van der Waals surface area contributed by atoms with Crippen molar-refractivity contribution in [3.63, 3.8) is 0 Å². The highest BCUT2D eigenvalue weighted by Gasteiger charge is 2.46. The summed E-state index contributed by atoms with van der Waals surface area (Å²) < 4.78 is 5.22. The van der Waals surface area contributed by atoms with E-state index in [0.29, 0.717) is 4.88 Å². The Morgan fingerprint density at radius 1 is 1.21 bits per heavy atom. The van der Waals surface area contributed by atoms with Gasteiger partial charge in [-0.15, -0.1) is 11.3 Å². The number of thiophene rings is 1. The zero-order valence-electron chi connectivity index (χ0n) is 15.2. The molecule has 3 rings (SSSR count). The lowest BCUT2D eigenvalue weighted by molar-refractivity contribution is -0.384. The molecule has 0 spiro atoms. The summed E-state index contributed by atoms with van der Waals surface area (Å²) in [6.07, 6.45) is 0. The van der Waals surface area contributed by atoms with Gasteiger partial charge in [0.15, 0.2) is 0 Å². The molecule has 0 bridgehead atoms. The fourth-order valence-electron chi connectivity index (χ4n) is 3.08. The standard InChI is InChI=1S/C19H18N2O7S/c22-8-10-28-9-7-20-16(14-2-1-11-29-14)15(18(24)19(20)25)17(23)12-3-5-13(6-4-12)21(26)27/h1-6,11,16,22-23H,7-10H2. The van der Waals surface area contributed by atoms with Crippen LogP contribution in [-0.2, 0) is 14.3 Å². The van der Waals surface area contributed by atoms with E-state index in [1.54, 1.807) is 17.5 Å². The number of hydrogen-bond donors (Lipinski definition) is 2. The van der Waals surface area contributed by atoms with Gasteiger partial charge >= 0.3 is 0 Å². The Morgan fingerprint density at radius 2 is 1.93 bits per heavy atom. The van der Waals surface area contributed by atoms with Gasteiger partial charge in [-0.25, -0.2) is 0 Å². The number of Topliss-reactive ketones (excluding diaryl/α,β-unsaturated/α-hetero) is 1. The average molecular weight is 418 g/mol. The predicted octanol–water partition coefficient (Wildman–Crippen LogP) is 2.09. The van der Waals surface area contributed by atoms with Crippen LogP contribution in [0.3, 0.4) is 0 Å². The Morgan fingerprint density at radius 3 is 2.52 bits per heavy atom. The highest BCUT2D eigenvalue weighted by Crippen LogP contribution is 2.40. The number of rotatable bonds is 8. The zero-order valence-corrected chi connectivity index (χ0v) is 16.0. The minimum Gasteiger partial charge on any atom is -0.507 e. The molecule has 1 aromatic carbocycles. The number of amides is 1. The van der Waals surface area contributed by atoms with Crippen LogP contribution < -0.4 is 0 Å². The molecule has 1 amide bonds. The summed E-state index contributed by atoms with van der Waals surface area (Å²) in [6.45, 7) is 0.168. The van der Waals surface area contributed by atoms with Crippen molar-refractivity contribution in [2.45, 2.75) is 6.04 Å². The van der Waals surface area contributed by atoms with Gasteiger partial charge in [-0.05, 0) is 23.6 Å². The number of carbonyl (C=O) groups excluding carboxylic acids is 2. The van der Waals surface area contributed by atoms with E-state index in [2.05, 4.69) is 0 Å². The summed E-state index contributed by atoms with van der Waals surface area (Å²) in [5.41, 5.74) is -0.0296. The van der Waals surface area contributed by atoms with E-state index in [1.165, 1.54) is 40.5 Å². The van der Waals surface area contributed by atoms with Crippen LogP contribution in [0.4, 0.5) is 5.69 Å². The minimum absolute atomic E-state index is 0.0755. The molecule has 1 atom stereocenters. The number of ether oxygens (including phenoxy) is 1. The van der Waals surface area contributed by atoms with Gasteiger partial charge in [0.05, 0.1) is 36.4 Å². The topological polar surface area (TPSA) is 130 Å². The maximum absolute atomic E-state index is 12.7. The molecule has 1 aliphatic rings. The molecule has 10 heteroatoms. The summed E-state index contributed by atoms with van der Waals surface area (Å²) >= 11 is 1.33. The second kappa shape index (κ2) is 8.95. The molecule has 1 aliphatic heterocycles. The molecule has 1 unspecified atom stereocenters. The van der Waals surface area contributed by atoms with Gasteiger partial charge in [-0.2, -0.15) is 0 Å².